The van der Waals surface area contributed by atoms with Crippen LogP contribution in [0.1, 0.15) is 48.1 Å². The van der Waals surface area contributed by atoms with E-state index in [1.165, 1.54) is 12.4 Å². The van der Waals surface area contributed by atoms with E-state index in [1.54, 1.807) is 35.8 Å². The molecule has 0 aliphatic carbocycles. The van der Waals surface area contributed by atoms with Crippen LogP contribution in [0.5, 0.6) is 5.88 Å². The van der Waals surface area contributed by atoms with Crippen LogP contribution in [-0.4, -0.2) is 69.0 Å². The lowest BCUT2D eigenvalue weighted by atomic mass is 9.91. The van der Waals surface area contributed by atoms with Gasteiger partial charge in [0.25, 0.3) is 0 Å². The first-order valence-electron chi connectivity index (χ1n) is 15.7. The molecule has 1 amide bonds. The molecule has 0 saturated heterocycles. The van der Waals surface area contributed by atoms with Crippen LogP contribution >= 0.6 is 10.8 Å². The van der Waals surface area contributed by atoms with Gasteiger partial charge < -0.3 is 15.4 Å². The number of aryl methyl sites for hydroxylation is 3. The van der Waals surface area contributed by atoms with Crippen LogP contribution in [0.4, 0.5) is 11.6 Å². The number of ether oxygens (including phenoxy) is 1. The Morgan fingerprint density at radius 1 is 1.10 bits per heavy atom. The van der Waals surface area contributed by atoms with E-state index in [9.17, 15) is 13.9 Å². The van der Waals surface area contributed by atoms with Crippen LogP contribution in [0.15, 0.2) is 72.0 Å². The summed E-state index contributed by atoms with van der Waals surface area (Å²) in [6.45, 7) is 9.16. The van der Waals surface area contributed by atoms with Crippen molar-refractivity contribution in [3.8, 4) is 5.88 Å². The van der Waals surface area contributed by atoms with E-state index in [2.05, 4.69) is 35.9 Å². The first-order chi connectivity index (χ1) is 23.1. The van der Waals surface area contributed by atoms with Gasteiger partial charge >= 0.3 is 0 Å². The molecule has 4 heterocycles. The Morgan fingerprint density at radius 2 is 1.90 bits per heavy atom. The van der Waals surface area contributed by atoms with E-state index in [-0.39, 0.29) is 29.3 Å². The first kappa shape index (κ1) is 33.0. The molecule has 250 valence electrons. The van der Waals surface area contributed by atoms with E-state index in [1.807, 2.05) is 62.7 Å². The summed E-state index contributed by atoms with van der Waals surface area (Å²) in [6, 6.07) is 13.2. The fourth-order valence-corrected chi connectivity index (χ4v) is 7.31. The van der Waals surface area contributed by atoms with Gasteiger partial charge in [0.05, 0.1) is 30.1 Å². The molecule has 5 aromatic rings. The number of anilines is 2. The maximum Gasteiger partial charge on any atom is 0.249 e. The number of hydrogen-bond acceptors (Lipinski definition) is 11. The van der Waals surface area contributed by atoms with Gasteiger partial charge in [-0.15, -0.1) is 15.9 Å². The molecule has 0 bridgehead atoms. The Kier molecular flexibility index (Phi) is 9.42. The quantitative estimate of drug-likeness (QED) is 0.135. The third-order valence-corrected chi connectivity index (χ3v) is 10.4. The highest BCUT2D eigenvalue weighted by atomic mass is 32.3. The van der Waals surface area contributed by atoms with E-state index in [0.29, 0.717) is 36.7 Å². The smallest absolute Gasteiger partial charge is 0.249 e. The van der Waals surface area contributed by atoms with Gasteiger partial charge in [-0.2, -0.15) is 4.31 Å². The van der Waals surface area contributed by atoms with Gasteiger partial charge in [-0.3, -0.25) is 13.9 Å². The molecule has 1 atom stereocenters. The molecule has 4 N–H and O–H groups in total. The van der Waals surface area contributed by atoms with Crippen molar-refractivity contribution >= 4 is 44.9 Å². The molecule has 3 aromatic heterocycles. The predicted octanol–water partition coefficient (Wildman–Crippen LogP) is 6.06. The highest BCUT2D eigenvalue weighted by Gasteiger charge is 2.35. The monoisotopic (exact) mass is 669 g/mol. The molecule has 0 spiro atoms. The molecule has 13 nitrogen and oxygen atoms in total. The number of rotatable bonds is 9. The van der Waals surface area contributed by atoms with E-state index < -0.39 is 10.8 Å². The van der Waals surface area contributed by atoms with Crippen LogP contribution in [0.25, 0.3) is 16.6 Å². The Bertz CT molecular complexity index is 2000. The zero-order valence-electron chi connectivity index (χ0n) is 27.5. The summed E-state index contributed by atoms with van der Waals surface area (Å²) in [4.78, 5) is 26.5. The first-order valence-corrected chi connectivity index (χ1v) is 17.2. The minimum absolute atomic E-state index is 0.230. The van der Waals surface area contributed by atoms with E-state index >= 15 is 0 Å². The standard InChI is InChI=1S/C34H39N9O4S/c1-6-26-20-42(48(45,46)30-9-8-14-36-33(30)47-26)19-24-15-23(11-10-21(24)3)28(16-31(44)39-25-17-37-34(35-5)38-18-25)27-12-13-29-32(22(27)4)40-41-43(29)7-2/h8-18,26,45-46H,6-7,19-20H2,1-5H3,(H,39,44)(H,35,37,38)/b28-16-/t26-/m1/s1. The number of carbonyl (C=O) groups excluding carboxylic acids is 1. The van der Waals surface area contributed by atoms with Gasteiger partial charge in [0.2, 0.25) is 17.7 Å². The number of fused-ring (bicyclic) bond motifs is 2. The number of pyridine rings is 1. The van der Waals surface area contributed by atoms with Crippen molar-refractivity contribution in [1.29, 1.82) is 0 Å². The molecule has 0 saturated carbocycles. The van der Waals surface area contributed by atoms with Crippen molar-refractivity contribution in [1.82, 2.24) is 34.3 Å². The van der Waals surface area contributed by atoms with Crippen LogP contribution < -0.4 is 15.4 Å². The highest BCUT2D eigenvalue weighted by molar-refractivity contribution is 8.22. The van der Waals surface area contributed by atoms with Crippen molar-refractivity contribution in [2.75, 3.05) is 24.2 Å². The van der Waals surface area contributed by atoms with Gasteiger partial charge in [-0.25, -0.2) is 19.6 Å². The minimum atomic E-state index is -3.42. The maximum absolute atomic E-state index is 13.5. The number of hydrogen-bond donors (Lipinski definition) is 4. The molecular weight excluding hydrogens is 631 g/mol. The summed E-state index contributed by atoms with van der Waals surface area (Å²) in [6.07, 6.45) is 6.59. The minimum Gasteiger partial charge on any atom is -0.472 e. The molecule has 14 heteroatoms. The Hall–Kier alpha value is -4.89. The molecule has 6 rings (SSSR count). The summed E-state index contributed by atoms with van der Waals surface area (Å²) in [7, 11) is -1.70. The summed E-state index contributed by atoms with van der Waals surface area (Å²) in [5.74, 6) is 0.321. The maximum atomic E-state index is 13.5. The lowest BCUT2D eigenvalue weighted by Crippen LogP contribution is -2.34. The highest BCUT2D eigenvalue weighted by Crippen LogP contribution is 2.57. The van der Waals surface area contributed by atoms with Gasteiger partial charge in [-0.05, 0) is 84.8 Å². The van der Waals surface area contributed by atoms with Gasteiger partial charge in [0.1, 0.15) is 16.5 Å². The van der Waals surface area contributed by atoms with E-state index in [0.717, 1.165) is 38.9 Å². The number of benzene rings is 2. The van der Waals surface area contributed by atoms with Crippen molar-refractivity contribution in [3.05, 3.63) is 94.9 Å². The van der Waals surface area contributed by atoms with E-state index in [4.69, 9.17) is 4.74 Å². The summed E-state index contributed by atoms with van der Waals surface area (Å²) in [5, 5.41) is 14.5. The number of nitrogens with one attached hydrogen (secondary N) is 2. The average Bonchev–Trinajstić information content (AvgIpc) is 3.48. The second kappa shape index (κ2) is 13.7. The molecule has 1 aliphatic heterocycles. The molecular formula is C34H39N9O4S. The van der Waals surface area contributed by atoms with Gasteiger partial charge in [0.15, 0.2) is 0 Å². The molecule has 0 fully saturated rings. The van der Waals surface area contributed by atoms with Crippen LogP contribution in [-0.2, 0) is 17.9 Å². The fraction of sp³-hybridized carbons (Fsp3) is 0.294. The van der Waals surface area contributed by atoms with Gasteiger partial charge in [-0.1, -0.05) is 30.3 Å². The van der Waals surface area contributed by atoms with Gasteiger partial charge in [0, 0.05) is 32.4 Å². The summed E-state index contributed by atoms with van der Waals surface area (Å²) < 4.78 is 32.8. The van der Waals surface area contributed by atoms with Crippen molar-refractivity contribution in [2.45, 2.75) is 58.2 Å². The van der Waals surface area contributed by atoms with Crippen LogP contribution in [0, 0.1) is 13.8 Å². The van der Waals surface area contributed by atoms with Crippen molar-refractivity contribution in [3.63, 3.8) is 0 Å². The largest absolute Gasteiger partial charge is 0.472 e. The number of amides is 1. The number of aromatic nitrogens is 6. The zero-order valence-corrected chi connectivity index (χ0v) is 28.3. The molecule has 0 unspecified atom stereocenters. The third kappa shape index (κ3) is 6.47. The Morgan fingerprint density at radius 3 is 2.62 bits per heavy atom. The third-order valence-electron chi connectivity index (χ3n) is 8.49. The van der Waals surface area contributed by atoms with Crippen LogP contribution in [0.2, 0.25) is 0 Å². The Labute approximate surface area is 280 Å². The molecule has 0 radical (unpaired) electrons. The number of carbonyl (C=O) groups is 1. The molecule has 48 heavy (non-hydrogen) atoms. The SMILES string of the molecule is CC[C@@H]1CN(Cc2cc(/C(=C/C(=O)Nc3cnc(NC)nc3)c3ccc4c(nnn4CC)c3C)ccc2C)S(O)(O)c2cccnc2O1. The fourth-order valence-electron chi connectivity index (χ4n) is 5.74. The second-order valence-electron chi connectivity index (χ2n) is 11.5. The molecule has 1 aliphatic rings. The lowest BCUT2D eigenvalue weighted by Gasteiger charge is -2.41. The topological polar surface area (TPSA) is 163 Å². The second-order valence-corrected chi connectivity index (χ2v) is 13.5. The van der Waals surface area contributed by atoms with Crippen LogP contribution in [0.3, 0.4) is 0 Å². The van der Waals surface area contributed by atoms with Crippen molar-refractivity contribution in [2.24, 2.45) is 0 Å². The molecule has 2 aromatic carbocycles. The Balaban J connectivity index is 1.42. The summed E-state index contributed by atoms with van der Waals surface area (Å²) >= 11 is 0. The number of nitrogens with zero attached hydrogens (tertiary/aromatic N) is 7. The zero-order chi connectivity index (χ0) is 34.0. The summed E-state index contributed by atoms with van der Waals surface area (Å²) in [5.41, 5.74) is 7.07. The lowest BCUT2D eigenvalue weighted by molar-refractivity contribution is -0.111. The predicted molar refractivity (Wildman–Crippen MR) is 187 cm³/mol. The van der Waals surface area contributed by atoms with Crippen molar-refractivity contribution < 1.29 is 18.6 Å². The normalized spacial score (nSPS) is 16.9. The average molecular weight is 670 g/mol.